The minimum atomic E-state index is -0.701. The molecule has 8 nitrogen and oxygen atoms in total. The predicted octanol–water partition coefficient (Wildman–Crippen LogP) is 4.29. The number of halogens is 1. The zero-order chi connectivity index (χ0) is 20.9. The number of hydrogen-bond donors (Lipinski definition) is 0. The fourth-order valence-electron chi connectivity index (χ4n) is 1.86. The van der Waals surface area contributed by atoms with Gasteiger partial charge in [-0.2, -0.15) is 4.98 Å². The lowest BCUT2D eigenvalue weighted by atomic mass is 10.1. The molecule has 0 aliphatic heterocycles. The molecule has 0 spiro atoms. The summed E-state index contributed by atoms with van der Waals surface area (Å²) in [6, 6.07) is 5.73. The summed E-state index contributed by atoms with van der Waals surface area (Å²) < 4.78 is 18.4. The Hall–Kier alpha value is -2.87. The molecule has 2 aromatic rings. The van der Waals surface area contributed by atoms with Crippen molar-refractivity contribution >= 4 is 23.7 Å². The zero-order valence-electron chi connectivity index (χ0n) is 16.1. The second-order valence-electron chi connectivity index (χ2n) is 5.50. The zero-order valence-corrected chi connectivity index (χ0v) is 16.8. The number of ether oxygens (including phenoxy) is 3. The Balaban J connectivity index is 0.000000280. The van der Waals surface area contributed by atoms with Gasteiger partial charge in [-0.05, 0) is 37.5 Å². The van der Waals surface area contributed by atoms with Gasteiger partial charge in [-0.25, -0.2) is 9.59 Å². The van der Waals surface area contributed by atoms with Crippen molar-refractivity contribution in [2.45, 2.75) is 26.7 Å². The lowest BCUT2D eigenvalue weighted by Gasteiger charge is -2.03. The molecule has 1 aromatic heterocycles. The molecule has 0 aliphatic rings. The molecule has 1 aromatic carbocycles. The normalized spacial score (nSPS) is 9.71. The topological polar surface area (TPSA) is 101 Å². The standard InChI is InChI=1S/C10H9ClN2O.C9H14O5/c1-6-3-4-8(9(11)5-6)10-12-7(2)14-13-10;1-3-8(10)13-6-4-5-7-14-9(11)12-2/h3-5H,1-2H3;3H,1,4-7H2,2H3. The van der Waals surface area contributed by atoms with Crippen LogP contribution in [0.2, 0.25) is 5.02 Å². The van der Waals surface area contributed by atoms with Crippen molar-refractivity contribution in [3.05, 3.63) is 47.3 Å². The summed E-state index contributed by atoms with van der Waals surface area (Å²) in [6.45, 7) is 7.54. The summed E-state index contributed by atoms with van der Waals surface area (Å²) >= 11 is 6.05. The minimum absolute atomic E-state index is 0.262. The van der Waals surface area contributed by atoms with Gasteiger partial charge < -0.3 is 18.7 Å². The molecule has 0 amide bonds. The molecule has 152 valence electrons. The van der Waals surface area contributed by atoms with Gasteiger partial charge in [-0.1, -0.05) is 29.4 Å². The number of rotatable bonds is 7. The van der Waals surface area contributed by atoms with E-state index in [1.165, 1.54) is 7.11 Å². The van der Waals surface area contributed by atoms with Gasteiger partial charge in [-0.3, -0.25) is 0 Å². The summed E-state index contributed by atoms with van der Waals surface area (Å²) in [7, 11) is 1.24. The predicted molar refractivity (Wildman–Crippen MR) is 103 cm³/mol. The molecule has 0 aliphatic carbocycles. The van der Waals surface area contributed by atoms with Crippen molar-refractivity contribution in [3.8, 4) is 11.4 Å². The van der Waals surface area contributed by atoms with Crippen LogP contribution in [-0.4, -0.2) is 42.6 Å². The molecular formula is C19H23ClN2O6. The third kappa shape index (κ3) is 8.68. The first-order chi connectivity index (χ1) is 13.4. The van der Waals surface area contributed by atoms with E-state index >= 15 is 0 Å². The van der Waals surface area contributed by atoms with Crippen molar-refractivity contribution in [1.29, 1.82) is 0 Å². The summed E-state index contributed by atoms with van der Waals surface area (Å²) in [4.78, 5) is 25.1. The second-order valence-corrected chi connectivity index (χ2v) is 5.91. The average molecular weight is 411 g/mol. The number of unbranched alkanes of at least 4 members (excludes halogenated alkanes) is 1. The summed E-state index contributed by atoms with van der Waals surface area (Å²) in [5.74, 6) is 0.628. The maximum Gasteiger partial charge on any atom is 0.507 e. The first-order valence-corrected chi connectivity index (χ1v) is 8.82. The highest BCUT2D eigenvalue weighted by Gasteiger charge is 2.09. The Morgan fingerprint density at radius 3 is 2.43 bits per heavy atom. The first kappa shape index (κ1) is 23.2. The van der Waals surface area contributed by atoms with Gasteiger partial charge in [0, 0.05) is 18.6 Å². The van der Waals surface area contributed by atoms with Crippen LogP contribution in [0.4, 0.5) is 4.79 Å². The summed E-state index contributed by atoms with van der Waals surface area (Å²) in [5.41, 5.74) is 1.91. The largest absolute Gasteiger partial charge is 0.507 e. The van der Waals surface area contributed by atoms with Crippen LogP contribution >= 0.6 is 11.6 Å². The average Bonchev–Trinajstić information content (AvgIpc) is 3.10. The van der Waals surface area contributed by atoms with E-state index in [9.17, 15) is 9.59 Å². The highest BCUT2D eigenvalue weighted by Crippen LogP contribution is 2.26. The molecule has 2 rings (SSSR count). The molecule has 1 heterocycles. The molecule has 0 N–H and O–H groups in total. The van der Waals surface area contributed by atoms with Gasteiger partial charge in [-0.15, -0.1) is 0 Å². The van der Waals surface area contributed by atoms with Crippen LogP contribution in [0.1, 0.15) is 24.3 Å². The van der Waals surface area contributed by atoms with E-state index in [1.807, 2.05) is 25.1 Å². The van der Waals surface area contributed by atoms with Crippen LogP contribution in [0.15, 0.2) is 35.4 Å². The van der Waals surface area contributed by atoms with E-state index in [0.29, 0.717) is 36.2 Å². The Morgan fingerprint density at radius 2 is 1.89 bits per heavy atom. The molecule has 0 atom stereocenters. The number of benzene rings is 1. The number of esters is 1. The van der Waals surface area contributed by atoms with Gasteiger partial charge in [0.05, 0.1) is 25.3 Å². The molecule has 0 radical (unpaired) electrons. The molecule has 0 fully saturated rings. The van der Waals surface area contributed by atoms with E-state index in [1.54, 1.807) is 6.92 Å². The van der Waals surface area contributed by atoms with E-state index < -0.39 is 12.1 Å². The highest BCUT2D eigenvalue weighted by molar-refractivity contribution is 6.33. The van der Waals surface area contributed by atoms with Crippen LogP contribution in [-0.2, 0) is 19.0 Å². The number of methoxy groups -OCH3 is 1. The van der Waals surface area contributed by atoms with Gasteiger partial charge in [0.15, 0.2) is 0 Å². The number of carbonyl (C=O) groups is 2. The van der Waals surface area contributed by atoms with E-state index in [2.05, 4.69) is 26.2 Å². The van der Waals surface area contributed by atoms with Crippen molar-refractivity contribution in [2.75, 3.05) is 20.3 Å². The smallest absolute Gasteiger partial charge is 0.463 e. The van der Waals surface area contributed by atoms with Crippen molar-refractivity contribution < 1.29 is 28.3 Å². The first-order valence-electron chi connectivity index (χ1n) is 8.44. The molecule has 0 bridgehead atoms. The Morgan fingerprint density at radius 1 is 1.21 bits per heavy atom. The fourth-order valence-corrected chi connectivity index (χ4v) is 2.18. The Bertz CT molecular complexity index is 790. The maximum absolute atomic E-state index is 10.6. The van der Waals surface area contributed by atoms with E-state index in [4.69, 9.17) is 20.9 Å². The van der Waals surface area contributed by atoms with Gasteiger partial charge >= 0.3 is 12.1 Å². The fraction of sp³-hybridized carbons (Fsp3) is 0.368. The monoisotopic (exact) mass is 410 g/mol. The van der Waals surface area contributed by atoms with Crippen molar-refractivity contribution in [2.24, 2.45) is 0 Å². The lowest BCUT2D eigenvalue weighted by Crippen LogP contribution is -2.07. The van der Waals surface area contributed by atoms with Crippen molar-refractivity contribution in [3.63, 3.8) is 0 Å². The Labute approximate surface area is 168 Å². The lowest BCUT2D eigenvalue weighted by molar-refractivity contribution is -0.137. The second kappa shape index (κ2) is 12.5. The minimum Gasteiger partial charge on any atom is -0.463 e. The summed E-state index contributed by atoms with van der Waals surface area (Å²) in [5, 5.41) is 4.45. The van der Waals surface area contributed by atoms with Crippen LogP contribution < -0.4 is 0 Å². The number of carbonyl (C=O) groups excluding carboxylic acids is 2. The molecular weight excluding hydrogens is 388 g/mol. The Kier molecular flexibility index (Phi) is 10.3. The highest BCUT2D eigenvalue weighted by atomic mass is 35.5. The van der Waals surface area contributed by atoms with Crippen LogP contribution in [0.3, 0.4) is 0 Å². The van der Waals surface area contributed by atoms with Crippen molar-refractivity contribution in [1.82, 2.24) is 10.1 Å². The van der Waals surface area contributed by atoms with Gasteiger partial charge in [0.1, 0.15) is 0 Å². The number of aromatic nitrogens is 2. The number of aryl methyl sites for hydroxylation is 2. The van der Waals surface area contributed by atoms with Crippen LogP contribution in [0.5, 0.6) is 0 Å². The molecule has 9 heteroatoms. The third-order valence-electron chi connectivity index (χ3n) is 3.23. The molecule has 0 saturated heterocycles. The molecule has 0 unspecified atom stereocenters. The molecule has 28 heavy (non-hydrogen) atoms. The van der Waals surface area contributed by atoms with Crippen LogP contribution in [0, 0.1) is 13.8 Å². The van der Waals surface area contributed by atoms with Gasteiger partial charge in [0.25, 0.3) is 0 Å². The van der Waals surface area contributed by atoms with E-state index in [0.717, 1.165) is 17.2 Å². The summed E-state index contributed by atoms with van der Waals surface area (Å²) in [6.07, 6.45) is 1.66. The van der Waals surface area contributed by atoms with E-state index in [-0.39, 0.29) is 6.61 Å². The quantitative estimate of drug-likeness (QED) is 0.378. The van der Waals surface area contributed by atoms with Crippen LogP contribution in [0.25, 0.3) is 11.4 Å². The third-order valence-corrected chi connectivity index (χ3v) is 3.54. The number of nitrogens with zero attached hydrogens (tertiary/aromatic N) is 2. The number of hydrogen-bond acceptors (Lipinski definition) is 8. The SMILES string of the molecule is C=CC(=O)OCCCCOC(=O)OC.Cc1ccc(-c2noc(C)n2)c(Cl)c1. The molecule has 0 saturated carbocycles. The van der Waals surface area contributed by atoms with Gasteiger partial charge in [0.2, 0.25) is 11.7 Å². The maximum atomic E-state index is 10.6.